The minimum atomic E-state index is -0.364. The Morgan fingerprint density at radius 2 is 2.31 bits per heavy atom. The molecular formula is C10H15NO2. The van der Waals surface area contributed by atoms with Crippen molar-refractivity contribution in [3.05, 3.63) is 30.1 Å². The lowest BCUT2D eigenvalue weighted by Crippen LogP contribution is -2.11. The Balaban J connectivity index is 2.32. The normalized spacial score (nSPS) is 12.8. The van der Waals surface area contributed by atoms with E-state index < -0.39 is 0 Å². The largest absolute Gasteiger partial charge is 0.396 e. The molecule has 13 heavy (non-hydrogen) atoms. The molecule has 0 aliphatic carbocycles. The van der Waals surface area contributed by atoms with Gasteiger partial charge in [-0.25, -0.2) is 0 Å². The Morgan fingerprint density at radius 1 is 1.46 bits per heavy atom. The fraction of sp³-hybridized carbons (Fsp3) is 0.500. The number of pyridine rings is 1. The molecule has 72 valence electrons. The molecule has 0 aromatic carbocycles. The molecule has 0 saturated heterocycles. The average molecular weight is 181 g/mol. The van der Waals surface area contributed by atoms with Crippen molar-refractivity contribution in [2.45, 2.75) is 25.4 Å². The lowest BCUT2D eigenvalue weighted by Gasteiger charge is -2.08. The van der Waals surface area contributed by atoms with Crippen LogP contribution in [0.1, 0.15) is 18.4 Å². The van der Waals surface area contributed by atoms with Crippen molar-refractivity contribution in [1.29, 1.82) is 0 Å². The van der Waals surface area contributed by atoms with Crippen LogP contribution in [-0.2, 0) is 6.42 Å². The van der Waals surface area contributed by atoms with Gasteiger partial charge in [-0.1, -0.05) is 6.07 Å². The van der Waals surface area contributed by atoms with Gasteiger partial charge in [0.05, 0.1) is 6.10 Å². The summed E-state index contributed by atoms with van der Waals surface area (Å²) in [6.07, 6.45) is 5.02. The molecule has 1 atom stereocenters. The maximum atomic E-state index is 9.49. The first kappa shape index (κ1) is 10.2. The van der Waals surface area contributed by atoms with Crippen LogP contribution < -0.4 is 0 Å². The number of rotatable bonds is 5. The fourth-order valence-corrected chi connectivity index (χ4v) is 1.22. The Morgan fingerprint density at radius 3 is 2.92 bits per heavy atom. The van der Waals surface area contributed by atoms with E-state index >= 15 is 0 Å². The molecule has 0 radical (unpaired) electrons. The summed E-state index contributed by atoms with van der Waals surface area (Å²) in [7, 11) is 0. The van der Waals surface area contributed by atoms with Crippen LogP contribution in [0.3, 0.4) is 0 Å². The summed E-state index contributed by atoms with van der Waals surface area (Å²) >= 11 is 0. The SMILES string of the molecule is OCCCC(O)Cc1cccnc1. The molecule has 0 aliphatic rings. The summed E-state index contributed by atoms with van der Waals surface area (Å²) < 4.78 is 0. The Labute approximate surface area is 78.1 Å². The van der Waals surface area contributed by atoms with Crippen LogP contribution in [0.15, 0.2) is 24.5 Å². The van der Waals surface area contributed by atoms with Crippen molar-refractivity contribution in [3.63, 3.8) is 0 Å². The molecule has 0 saturated carbocycles. The summed E-state index contributed by atoms with van der Waals surface area (Å²) in [6.45, 7) is 0.143. The van der Waals surface area contributed by atoms with Gasteiger partial charge in [-0.2, -0.15) is 0 Å². The molecular weight excluding hydrogens is 166 g/mol. The highest BCUT2D eigenvalue weighted by Gasteiger charge is 2.04. The third-order valence-electron chi connectivity index (χ3n) is 1.89. The van der Waals surface area contributed by atoms with E-state index in [4.69, 9.17) is 5.11 Å². The smallest absolute Gasteiger partial charge is 0.0582 e. The lowest BCUT2D eigenvalue weighted by molar-refractivity contribution is 0.150. The summed E-state index contributed by atoms with van der Waals surface area (Å²) in [6, 6.07) is 3.79. The van der Waals surface area contributed by atoms with E-state index in [1.807, 2.05) is 12.1 Å². The summed E-state index contributed by atoms with van der Waals surface area (Å²) in [5.41, 5.74) is 1.04. The summed E-state index contributed by atoms with van der Waals surface area (Å²) in [5.74, 6) is 0. The molecule has 3 nitrogen and oxygen atoms in total. The number of aromatic nitrogens is 1. The predicted octanol–water partition coefficient (Wildman–Crippen LogP) is 0.757. The molecule has 0 fully saturated rings. The van der Waals surface area contributed by atoms with Crippen LogP contribution in [0, 0.1) is 0 Å². The molecule has 3 heteroatoms. The van der Waals surface area contributed by atoms with Crippen LogP contribution in [0.4, 0.5) is 0 Å². The minimum Gasteiger partial charge on any atom is -0.396 e. The van der Waals surface area contributed by atoms with Gasteiger partial charge in [0.1, 0.15) is 0 Å². The van der Waals surface area contributed by atoms with Crippen LogP contribution in [0.5, 0.6) is 0 Å². The molecule has 2 N–H and O–H groups in total. The lowest BCUT2D eigenvalue weighted by atomic mass is 10.1. The number of aliphatic hydroxyl groups is 2. The second kappa shape index (κ2) is 5.67. The number of nitrogens with zero attached hydrogens (tertiary/aromatic N) is 1. The molecule has 0 spiro atoms. The highest BCUT2D eigenvalue weighted by molar-refractivity contribution is 5.09. The van der Waals surface area contributed by atoms with Gasteiger partial charge in [0.15, 0.2) is 0 Å². The van der Waals surface area contributed by atoms with Crippen molar-refractivity contribution in [1.82, 2.24) is 4.98 Å². The van der Waals surface area contributed by atoms with E-state index in [-0.39, 0.29) is 12.7 Å². The Bertz CT molecular complexity index is 226. The zero-order valence-corrected chi connectivity index (χ0v) is 7.56. The quantitative estimate of drug-likeness (QED) is 0.705. The maximum Gasteiger partial charge on any atom is 0.0582 e. The van der Waals surface area contributed by atoms with Crippen LogP contribution in [0.2, 0.25) is 0 Å². The van der Waals surface area contributed by atoms with Crippen molar-refractivity contribution in [2.24, 2.45) is 0 Å². The number of hydrogen-bond acceptors (Lipinski definition) is 3. The standard InChI is InChI=1S/C10H15NO2/c12-6-2-4-10(13)7-9-3-1-5-11-8-9/h1,3,5,8,10,12-13H,2,4,6-7H2. The second-order valence-corrected chi connectivity index (χ2v) is 3.09. The van der Waals surface area contributed by atoms with Gasteiger partial charge in [0.25, 0.3) is 0 Å². The molecule has 0 bridgehead atoms. The van der Waals surface area contributed by atoms with Crippen molar-refractivity contribution in [3.8, 4) is 0 Å². The topological polar surface area (TPSA) is 53.4 Å². The minimum absolute atomic E-state index is 0.143. The monoisotopic (exact) mass is 181 g/mol. The van der Waals surface area contributed by atoms with Crippen LogP contribution in [0.25, 0.3) is 0 Å². The third kappa shape index (κ3) is 4.01. The molecule has 0 amide bonds. The number of aliphatic hydroxyl groups excluding tert-OH is 2. The Hall–Kier alpha value is -0.930. The first-order valence-electron chi connectivity index (χ1n) is 4.50. The molecule has 1 unspecified atom stereocenters. The molecule has 1 aromatic heterocycles. The molecule has 0 aliphatic heterocycles. The average Bonchev–Trinajstić information content (AvgIpc) is 2.16. The molecule has 1 aromatic rings. The Kier molecular flexibility index (Phi) is 4.43. The zero-order valence-electron chi connectivity index (χ0n) is 7.56. The van der Waals surface area contributed by atoms with Gasteiger partial charge in [-0.15, -0.1) is 0 Å². The first-order chi connectivity index (χ1) is 6.33. The highest BCUT2D eigenvalue weighted by Crippen LogP contribution is 2.05. The van der Waals surface area contributed by atoms with Gasteiger partial charge in [-0.3, -0.25) is 4.98 Å². The van der Waals surface area contributed by atoms with Gasteiger partial charge in [0.2, 0.25) is 0 Å². The van der Waals surface area contributed by atoms with Gasteiger partial charge >= 0.3 is 0 Å². The summed E-state index contributed by atoms with van der Waals surface area (Å²) in [5, 5.41) is 18.1. The highest BCUT2D eigenvalue weighted by atomic mass is 16.3. The zero-order chi connectivity index (χ0) is 9.52. The van der Waals surface area contributed by atoms with E-state index in [1.54, 1.807) is 12.4 Å². The predicted molar refractivity (Wildman–Crippen MR) is 50.3 cm³/mol. The van der Waals surface area contributed by atoms with E-state index in [9.17, 15) is 5.11 Å². The first-order valence-corrected chi connectivity index (χ1v) is 4.50. The number of hydrogen-bond donors (Lipinski definition) is 2. The second-order valence-electron chi connectivity index (χ2n) is 3.09. The maximum absolute atomic E-state index is 9.49. The van der Waals surface area contributed by atoms with Crippen molar-refractivity contribution >= 4 is 0 Å². The van der Waals surface area contributed by atoms with Crippen molar-refractivity contribution < 1.29 is 10.2 Å². The van der Waals surface area contributed by atoms with Crippen LogP contribution in [-0.4, -0.2) is 27.9 Å². The van der Waals surface area contributed by atoms with E-state index in [1.165, 1.54) is 0 Å². The molecule has 1 heterocycles. The van der Waals surface area contributed by atoms with E-state index in [0.29, 0.717) is 19.3 Å². The van der Waals surface area contributed by atoms with Crippen molar-refractivity contribution in [2.75, 3.05) is 6.61 Å². The van der Waals surface area contributed by atoms with Gasteiger partial charge < -0.3 is 10.2 Å². The van der Waals surface area contributed by atoms with Gasteiger partial charge in [-0.05, 0) is 30.9 Å². The van der Waals surface area contributed by atoms with E-state index in [2.05, 4.69) is 4.98 Å². The molecule has 1 rings (SSSR count). The van der Waals surface area contributed by atoms with E-state index in [0.717, 1.165) is 5.56 Å². The fourth-order valence-electron chi connectivity index (χ4n) is 1.22. The van der Waals surface area contributed by atoms with Crippen LogP contribution >= 0.6 is 0 Å². The van der Waals surface area contributed by atoms with Gasteiger partial charge in [0, 0.05) is 19.0 Å². The third-order valence-corrected chi connectivity index (χ3v) is 1.89. The summed E-state index contributed by atoms with van der Waals surface area (Å²) in [4.78, 5) is 3.96.